The number of benzene rings is 2. The maximum Gasteiger partial charge on any atom is 0.504 e. The first-order valence-corrected chi connectivity index (χ1v) is 7.81. The molecule has 106 valence electrons. The van der Waals surface area contributed by atoms with Gasteiger partial charge in [0.15, 0.2) is 0 Å². The normalized spacial score (nSPS) is 17.6. The first-order chi connectivity index (χ1) is 10.2. The second kappa shape index (κ2) is 4.79. The van der Waals surface area contributed by atoms with Gasteiger partial charge in [-0.3, -0.25) is 0 Å². The van der Waals surface area contributed by atoms with Gasteiger partial charge in [0, 0.05) is 10.4 Å². The van der Waals surface area contributed by atoms with Gasteiger partial charge in [0.05, 0.1) is 0 Å². The van der Waals surface area contributed by atoms with Crippen LogP contribution in [0.2, 0.25) is 5.02 Å². The van der Waals surface area contributed by atoms with Crippen molar-refractivity contribution in [1.29, 1.82) is 0 Å². The van der Waals surface area contributed by atoms with Gasteiger partial charge in [-0.1, -0.05) is 36.6 Å². The number of halogens is 1. The molecule has 1 spiro atoms. The molecular weight excluding hydrogens is 282 g/mol. The van der Waals surface area contributed by atoms with Gasteiger partial charge in [-0.05, 0) is 59.4 Å². The van der Waals surface area contributed by atoms with Crippen LogP contribution in [0.25, 0.3) is 11.1 Å². The first kappa shape index (κ1) is 13.2. The molecule has 21 heavy (non-hydrogen) atoms. The van der Waals surface area contributed by atoms with E-state index >= 15 is 0 Å². The summed E-state index contributed by atoms with van der Waals surface area (Å²) < 4.78 is 5.25. The highest BCUT2D eigenvalue weighted by Gasteiger charge is 2.44. The molecule has 0 aromatic heterocycles. The number of rotatable bonds is 2. The zero-order valence-electron chi connectivity index (χ0n) is 11.7. The predicted octanol–water partition coefficient (Wildman–Crippen LogP) is 3.82. The topological polar surface area (TPSA) is 29.5 Å². The Kier molecular flexibility index (Phi) is 3.02. The molecule has 4 rings (SSSR count). The summed E-state index contributed by atoms with van der Waals surface area (Å²) in [6.45, 7) is 0. The first-order valence-electron chi connectivity index (χ1n) is 7.43. The molecule has 0 atom stereocenters. The molecule has 0 aliphatic heterocycles. The average Bonchev–Trinajstić information content (AvgIpc) is 3.06. The summed E-state index contributed by atoms with van der Waals surface area (Å²) in [7, 11) is -0.299. The standard InChI is InChI=1S/C17H16BClO2/c19-11-3-5-15-13(9-11)14-10-12(21-18-20)4-6-16(14)17(15)7-1-2-8-17/h3-6,9-10,18,20H,1-2,7-8H2. The van der Waals surface area contributed by atoms with Crippen molar-refractivity contribution in [2.24, 2.45) is 0 Å². The van der Waals surface area contributed by atoms with E-state index in [1.165, 1.54) is 47.9 Å². The lowest BCUT2D eigenvalue weighted by molar-refractivity contribution is 0.453. The van der Waals surface area contributed by atoms with E-state index in [0.717, 1.165) is 5.02 Å². The fraction of sp³-hybridized carbons (Fsp3) is 0.294. The third kappa shape index (κ3) is 1.84. The Balaban J connectivity index is 1.97. The van der Waals surface area contributed by atoms with Crippen LogP contribution in [0.1, 0.15) is 36.8 Å². The molecular formula is C17H16BClO2. The maximum atomic E-state index is 8.97. The van der Waals surface area contributed by atoms with Crippen molar-refractivity contribution in [3.05, 3.63) is 52.5 Å². The minimum Gasteiger partial charge on any atom is -0.539 e. The molecule has 0 amide bonds. The van der Waals surface area contributed by atoms with Crippen molar-refractivity contribution in [2.75, 3.05) is 0 Å². The second-order valence-electron chi connectivity index (χ2n) is 5.96. The van der Waals surface area contributed by atoms with Crippen molar-refractivity contribution in [3.8, 4) is 16.9 Å². The minimum absolute atomic E-state index is 0.160. The quantitative estimate of drug-likeness (QED) is 0.854. The zero-order chi connectivity index (χ0) is 14.4. The molecule has 1 N–H and O–H groups in total. The van der Waals surface area contributed by atoms with E-state index in [4.69, 9.17) is 21.3 Å². The SMILES string of the molecule is OBOc1ccc2c(c1)-c1cc(Cl)ccc1C21CCCC1. The van der Waals surface area contributed by atoms with Gasteiger partial charge in [0.2, 0.25) is 0 Å². The predicted molar refractivity (Wildman–Crippen MR) is 86.1 cm³/mol. The molecule has 1 fully saturated rings. The lowest BCUT2D eigenvalue weighted by atomic mass is 9.77. The van der Waals surface area contributed by atoms with E-state index in [2.05, 4.69) is 18.2 Å². The Hall–Kier alpha value is -1.45. The highest BCUT2D eigenvalue weighted by atomic mass is 35.5. The van der Waals surface area contributed by atoms with Crippen LogP contribution >= 0.6 is 11.6 Å². The van der Waals surface area contributed by atoms with Gasteiger partial charge in [0.1, 0.15) is 5.75 Å². The van der Waals surface area contributed by atoms with Gasteiger partial charge in [-0.2, -0.15) is 0 Å². The molecule has 4 heteroatoms. The van der Waals surface area contributed by atoms with Gasteiger partial charge < -0.3 is 9.68 Å². The van der Waals surface area contributed by atoms with Crippen LogP contribution in [0.4, 0.5) is 0 Å². The number of hydrogen-bond donors (Lipinski definition) is 1. The molecule has 0 bridgehead atoms. The fourth-order valence-corrected chi connectivity index (χ4v) is 4.32. The summed E-state index contributed by atoms with van der Waals surface area (Å²) in [4.78, 5) is 0. The molecule has 2 aliphatic carbocycles. The Morgan fingerprint density at radius 1 is 1.00 bits per heavy atom. The van der Waals surface area contributed by atoms with Crippen molar-refractivity contribution in [1.82, 2.24) is 0 Å². The summed E-state index contributed by atoms with van der Waals surface area (Å²) in [5, 5.41) is 9.74. The number of fused-ring (bicyclic) bond motifs is 5. The molecule has 0 heterocycles. The molecule has 2 aliphatic rings. The van der Waals surface area contributed by atoms with Gasteiger partial charge >= 0.3 is 7.69 Å². The Morgan fingerprint density at radius 2 is 1.67 bits per heavy atom. The summed E-state index contributed by atoms with van der Waals surface area (Å²) in [6, 6.07) is 12.4. The molecule has 1 saturated carbocycles. The van der Waals surface area contributed by atoms with Crippen LogP contribution in [0, 0.1) is 0 Å². The summed E-state index contributed by atoms with van der Waals surface area (Å²) in [6.07, 6.45) is 4.95. The molecule has 2 nitrogen and oxygen atoms in total. The molecule has 0 saturated heterocycles. The molecule has 0 unspecified atom stereocenters. The van der Waals surface area contributed by atoms with E-state index in [1.54, 1.807) is 0 Å². The minimum atomic E-state index is -0.299. The maximum absolute atomic E-state index is 8.97. The molecule has 0 radical (unpaired) electrons. The fourth-order valence-electron chi connectivity index (χ4n) is 4.15. The monoisotopic (exact) mass is 298 g/mol. The summed E-state index contributed by atoms with van der Waals surface area (Å²) in [5.41, 5.74) is 5.39. The van der Waals surface area contributed by atoms with E-state index in [9.17, 15) is 0 Å². The summed E-state index contributed by atoms with van der Waals surface area (Å²) in [5.74, 6) is 0.706. The van der Waals surface area contributed by atoms with E-state index < -0.39 is 0 Å². The summed E-state index contributed by atoms with van der Waals surface area (Å²) >= 11 is 6.21. The second-order valence-corrected chi connectivity index (χ2v) is 6.40. The van der Waals surface area contributed by atoms with Crippen LogP contribution in [0.3, 0.4) is 0 Å². The lowest BCUT2D eigenvalue weighted by Crippen LogP contribution is -2.20. The lowest BCUT2D eigenvalue weighted by Gasteiger charge is -2.26. The van der Waals surface area contributed by atoms with E-state index in [0.29, 0.717) is 5.75 Å². The number of hydrogen-bond acceptors (Lipinski definition) is 2. The van der Waals surface area contributed by atoms with Gasteiger partial charge in [-0.15, -0.1) is 0 Å². The Bertz CT molecular complexity index is 708. The largest absolute Gasteiger partial charge is 0.539 e. The third-order valence-corrected chi connectivity index (χ3v) is 5.22. The zero-order valence-corrected chi connectivity index (χ0v) is 12.5. The molecule has 2 aromatic carbocycles. The van der Waals surface area contributed by atoms with Crippen LogP contribution in [0.15, 0.2) is 36.4 Å². The molecule has 2 aromatic rings. The smallest absolute Gasteiger partial charge is 0.504 e. The third-order valence-electron chi connectivity index (χ3n) is 4.98. The van der Waals surface area contributed by atoms with Crippen molar-refractivity contribution < 1.29 is 9.68 Å². The van der Waals surface area contributed by atoms with E-state index in [-0.39, 0.29) is 13.1 Å². The highest BCUT2D eigenvalue weighted by Crippen LogP contribution is 2.57. The Morgan fingerprint density at radius 3 is 2.38 bits per heavy atom. The van der Waals surface area contributed by atoms with Crippen LogP contribution in [-0.2, 0) is 5.41 Å². The van der Waals surface area contributed by atoms with Crippen molar-refractivity contribution in [3.63, 3.8) is 0 Å². The highest BCUT2D eigenvalue weighted by molar-refractivity contribution is 6.31. The van der Waals surface area contributed by atoms with E-state index in [1.807, 2.05) is 18.2 Å². The van der Waals surface area contributed by atoms with Gasteiger partial charge in [-0.25, -0.2) is 0 Å². The van der Waals surface area contributed by atoms with Crippen LogP contribution in [-0.4, -0.2) is 12.7 Å². The Labute approximate surface area is 130 Å². The van der Waals surface area contributed by atoms with Crippen molar-refractivity contribution >= 4 is 19.3 Å². The van der Waals surface area contributed by atoms with Crippen LogP contribution < -0.4 is 4.65 Å². The average molecular weight is 299 g/mol. The van der Waals surface area contributed by atoms with Crippen LogP contribution in [0.5, 0.6) is 5.75 Å². The van der Waals surface area contributed by atoms with Gasteiger partial charge in [0.25, 0.3) is 0 Å². The van der Waals surface area contributed by atoms with Crippen molar-refractivity contribution in [2.45, 2.75) is 31.1 Å².